The molecule has 236 valence electrons. The summed E-state index contributed by atoms with van der Waals surface area (Å²) in [6, 6.07) is 13.9. The molecule has 2 amide bonds. The number of alkyl halides is 3. The van der Waals surface area contributed by atoms with Crippen molar-refractivity contribution in [3.05, 3.63) is 93.5 Å². The summed E-state index contributed by atoms with van der Waals surface area (Å²) in [5.41, 5.74) is -0.341. The van der Waals surface area contributed by atoms with Gasteiger partial charge in [0.25, 0.3) is 10.0 Å². The summed E-state index contributed by atoms with van der Waals surface area (Å²) in [6.45, 7) is 2.27. The van der Waals surface area contributed by atoms with Gasteiger partial charge >= 0.3 is 6.18 Å². The molecule has 1 fully saturated rings. The van der Waals surface area contributed by atoms with Crippen LogP contribution in [-0.4, -0.2) is 43.8 Å². The number of carbonyl (C=O) groups is 2. The van der Waals surface area contributed by atoms with Gasteiger partial charge in [0.15, 0.2) is 0 Å². The van der Waals surface area contributed by atoms with Crippen molar-refractivity contribution in [3.8, 4) is 0 Å². The summed E-state index contributed by atoms with van der Waals surface area (Å²) in [5.74, 6) is -1.23. The molecule has 0 unspecified atom stereocenters. The zero-order chi connectivity index (χ0) is 32.2. The van der Waals surface area contributed by atoms with Crippen molar-refractivity contribution in [2.75, 3.05) is 10.8 Å². The van der Waals surface area contributed by atoms with Crippen molar-refractivity contribution in [3.63, 3.8) is 0 Å². The quantitative estimate of drug-likeness (QED) is 0.252. The number of halogens is 5. The lowest BCUT2D eigenvalue weighted by Crippen LogP contribution is -2.52. The van der Waals surface area contributed by atoms with E-state index in [4.69, 9.17) is 23.2 Å². The minimum Gasteiger partial charge on any atom is -0.352 e. The van der Waals surface area contributed by atoms with E-state index in [1.165, 1.54) is 36.1 Å². The Morgan fingerprint density at radius 1 is 1.00 bits per heavy atom. The predicted molar refractivity (Wildman–Crippen MR) is 164 cm³/mol. The van der Waals surface area contributed by atoms with Gasteiger partial charge in [0.1, 0.15) is 12.6 Å². The number of hydrogen-bond donors (Lipinski definition) is 1. The fourth-order valence-corrected chi connectivity index (χ4v) is 6.90. The second-order valence-electron chi connectivity index (χ2n) is 10.8. The molecule has 13 heteroatoms. The first kappa shape index (κ1) is 33.6. The minimum atomic E-state index is -4.89. The Kier molecular flexibility index (Phi) is 10.5. The summed E-state index contributed by atoms with van der Waals surface area (Å²) in [4.78, 5) is 28.3. The van der Waals surface area contributed by atoms with E-state index in [0.29, 0.717) is 21.0 Å². The maximum Gasteiger partial charge on any atom is 0.417 e. The fourth-order valence-electron chi connectivity index (χ4n) is 5.06. The molecule has 1 aliphatic carbocycles. The number of aryl methyl sites for hydroxylation is 1. The number of rotatable bonds is 10. The number of sulfonamides is 1. The van der Waals surface area contributed by atoms with Crippen LogP contribution in [-0.2, 0) is 32.3 Å². The van der Waals surface area contributed by atoms with Crippen molar-refractivity contribution in [2.45, 2.75) is 69.2 Å². The molecule has 0 heterocycles. The average molecular weight is 671 g/mol. The van der Waals surface area contributed by atoms with Crippen LogP contribution in [0.2, 0.25) is 10.0 Å². The van der Waals surface area contributed by atoms with Gasteiger partial charge in [0, 0.05) is 17.6 Å². The summed E-state index contributed by atoms with van der Waals surface area (Å²) in [7, 11) is -4.56. The monoisotopic (exact) mass is 669 g/mol. The highest BCUT2D eigenvalue weighted by Crippen LogP contribution is 2.38. The third kappa shape index (κ3) is 8.05. The normalized spacial score (nSPS) is 14.7. The van der Waals surface area contributed by atoms with E-state index in [-0.39, 0.29) is 17.5 Å². The van der Waals surface area contributed by atoms with E-state index in [2.05, 4.69) is 5.32 Å². The standard InChI is InChI=1S/C31H32Cl2F3N3O4S/c1-20-10-13-26(14-11-20)44(42,43)39(25-12-15-28(33)27(17-25)31(34,35)36)19-29(40)38(18-22-6-5-7-23(32)16-22)21(2)30(41)37-24-8-3-4-9-24/h5-7,10-17,21,24H,3-4,8-9,18-19H2,1-2H3,(H,37,41)/t21-/m0/s1. The summed E-state index contributed by atoms with van der Waals surface area (Å²) < 4.78 is 69.9. The Morgan fingerprint density at radius 3 is 2.27 bits per heavy atom. The number of nitrogens with one attached hydrogen (secondary N) is 1. The van der Waals surface area contributed by atoms with Crippen LogP contribution in [0.3, 0.4) is 0 Å². The van der Waals surface area contributed by atoms with E-state index in [9.17, 15) is 31.2 Å². The molecule has 0 saturated heterocycles. The molecule has 7 nitrogen and oxygen atoms in total. The van der Waals surface area contributed by atoms with Crippen molar-refractivity contribution < 1.29 is 31.2 Å². The van der Waals surface area contributed by atoms with Gasteiger partial charge in [-0.2, -0.15) is 13.2 Å². The van der Waals surface area contributed by atoms with Crippen LogP contribution in [0.15, 0.2) is 71.6 Å². The summed E-state index contributed by atoms with van der Waals surface area (Å²) in [5, 5.41) is 2.72. The predicted octanol–water partition coefficient (Wildman–Crippen LogP) is 6.99. The maximum atomic E-state index is 14.0. The van der Waals surface area contributed by atoms with Crippen molar-refractivity contribution in [1.29, 1.82) is 0 Å². The van der Waals surface area contributed by atoms with Crippen LogP contribution in [0.5, 0.6) is 0 Å². The van der Waals surface area contributed by atoms with Gasteiger partial charge < -0.3 is 10.2 Å². The van der Waals surface area contributed by atoms with Gasteiger partial charge in [-0.3, -0.25) is 13.9 Å². The lowest BCUT2D eigenvalue weighted by molar-refractivity contribution is -0.139. The number of amides is 2. The number of benzene rings is 3. The molecule has 0 aromatic heterocycles. The largest absolute Gasteiger partial charge is 0.417 e. The third-order valence-electron chi connectivity index (χ3n) is 7.54. The summed E-state index contributed by atoms with van der Waals surface area (Å²) in [6.07, 6.45) is -1.33. The lowest BCUT2D eigenvalue weighted by Gasteiger charge is -2.32. The molecule has 1 atom stereocenters. The molecular formula is C31H32Cl2F3N3O4S. The minimum absolute atomic E-state index is 0.0404. The van der Waals surface area contributed by atoms with Crippen LogP contribution in [0.25, 0.3) is 0 Å². The molecule has 0 radical (unpaired) electrons. The highest BCUT2D eigenvalue weighted by Gasteiger charge is 2.37. The number of carbonyl (C=O) groups excluding carboxylic acids is 2. The lowest BCUT2D eigenvalue weighted by atomic mass is 10.1. The van der Waals surface area contributed by atoms with E-state index in [0.717, 1.165) is 43.4 Å². The Morgan fingerprint density at radius 2 is 1.66 bits per heavy atom. The highest BCUT2D eigenvalue weighted by atomic mass is 35.5. The molecule has 3 aromatic rings. The summed E-state index contributed by atoms with van der Waals surface area (Å²) >= 11 is 12.0. The smallest absolute Gasteiger partial charge is 0.352 e. The molecule has 1 aliphatic rings. The molecule has 0 bridgehead atoms. The van der Waals surface area contributed by atoms with Crippen molar-refractivity contribution in [1.82, 2.24) is 10.2 Å². The van der Waals surface area contributed by atoms with Crippen LogP contribution in [0.4, 0.5) is 18.9 Å². The molecule has 0 spiro atoms. The van der Waals surface area contributed by atoms with Crippen LogP contribution < -0.4 is 9.62 Å². The van der Waals surface area contributed by atoms with E-state index in [1.807, 2.05) is 0 Å². The van der Waals surface area contributed by atoms with E-state index < -0.39 is 56.9 Å². The van der Waals surface area contributed by atoms with Gasteiger partial charge in [0.05, 0.1) is 21.2 Å². The van der Waals surface area contributed by atoms with Crippen molar-refractivity contribution >= 4 is 50.7 Å². The second-order valence-corrected chi connectivity index (χ2v) is 13.5. The first-order valence-electron chi connectivity index (χ1n) is 14.0. The van der Waals surface area contributed by atoms with Crippen molar-refractivity contribution in [2.24, 2.45) is 0 Å². The molecule has 0 aliphatic heterocycles. The number of anilines is 1. The molecule has 4 rings (SSSR count). The van der Waals surface area contributed by atoms with Gasteiger partial charge in [0.2, 0.25) is 11.8 Å². The molecular weight excluding hydrogens is 638 g/mol. The first-order chi connectivity index (χ1) is 20.7. The van der Waals surface area contributed by atoms with Gasteiger partial charge in [-0.25, -0.2) is 8.42 Å². The van der Waals surface area contributed by atoms with Crippen LogP contribution in [0.1, 0.15) is 49.3 Å². The molecule has 1 N–H and O–H groups in total. The van der Waals surface area contributed by atoms with Gasteiger partial charge in [-0.15, -0.1) is 0 Å². The zero-order valence-electron chi connectivity index (χ0n) is 24.1. The Bertz CT molecular complexity index is 1610. The Hall–Kier alpha value is -3.28. The third-order valence-corrected chi connectivity index (χ3v) is 9.89. The number of nitrogens with zero attached hydrogens (tertiary/aromatic N) is 2. The molecule has 3 aromatic carbocycles. The number of hydrogen-bond acceptors (Lipinski definition) is 4. The average Bonchev–Trinajstić information content (AvgIpc) is 3.47. The zero-order valence-corrected chi connectivity index (χ0v) is 26.4. The highest BCUT2D eigenvalue weighted by molar-refractivity contribution is 7.92. The Labute approximate surface area is 265 Å². The van der Waals surface area contributed by atoms with E-state index in [1.54, 1.807) is 31.2 Å². The van der Waals surface area contributed by atoms with Gasteiger partial charge in [-0.1, -0.05) is 65.9 Å². The maximum absolute atomic E-state index is 14.0. The fraction of sp³-hybridized carbons (Fsp3) is 0.355. The SMILES string of the molecule is Cc1ccc(S(=O)(=O)N(CC(=O)N(Cc2cccc(Cl)c2)[C@@H](C)C(=O)NC2CCCC2)c2ccc(Cl)c(C(F)(F)F)c2)cc1. The Balaban J connectivity index is 1.76. The van der Waals surface area contributed by atoms with Gasteiger partial charge in [-0.05, 0) is 74.7 Å². The first-order valence-corrected chi connectivity index (χ1v) is 16.2. The molecule has 44 heavy (non-hydrogen) atoms. The molecule has 1 saturated carbocycles. The van der Waals surface area contributed by atoms with E-state index >= 15 is 0 Å². The van der Waals surface area contributed by atoms with Crippen LogP contribution >= 0.6 is 23.2 Å². The van der Waals surface area contributed by atoms with Crippen LogP contribution in [0, 0.1) is 6.92 Å². The second kappa shape index (κ2) is 13.8. The topological polar surface area (TPSA) is 86.8 Å².